The maximum Gasteiger partial charge on any atom is 0.412 e. The second kappa shape index (κ2) is 23.2. The summed E-state index contributed by atoms with van der Waals surface area (Å²) in [5, 5.41) is 12.9. The molecule has 1 aromatic carbocycles. The van der Waals surface area contributed by atoms with Gasteiger partial charge < -0.3 is 34.2 Å². The summed E-state index contributed by atoms with van der Waals surface area (Å²) in [6.07, 6.45) is 13.6. The fourth-order valence-corrected chi connectivity index (χ4v) is 10.3. The molecule has 6 atom stereocenters. The molecule has 2 amide bonds. The number of rotatable bonds is 24. The van der Waals surface area contributed by atoms with Gasteiger partial charge in [0, 0.05) is 43.2 Å². The molecule has 10 nitrogen and oxygen atoms in total. The zero-order valence-corrected chi connectivity index (χ0v) is 37.9. The summed E-state index contributed by atoms with van der Waals surface area (Å²) in [6.45, 7) is 19.5. The number of β-amino-alcohol motifs (C(OH)–C–C–N with tert-alkyl or cyclic N) is 1. The van der Waals surface area contributed by atoms with E-state index in [1.807, 2.05) is 13.8 Å². The van der Waals surface area contributed by atoms with E-state index in [1.54, 1.807) is 26.5 Å². The van der Waals surface area contributed by atoms with Crippen molar-refractivity contribution in [2.75, 3.05) is 37.9 Å². The largest absolute Gasteiger partial charge is 0.487 e. The predicted molar refractivity (Wildman–Crippen MR) is 229 cm³/mol. The van der Waals surface area contributed by atoms with Crippen LogP contribution in [-0.2, 0) is 20.3 Å². The van der Waals surface area contributed by atoms with E-state index in [0.29, 0.717) is 37.3 Å². The van der Waals surface area contributed by atoms with Crippen molar-refractivity contribution < 1.29 is 38.2 Å². The van der Waals surface area contributed by atoms with Gasteiger partial charge in [-0.05, 0) is 101 Å². The molecule has 1 fully saturated rings. The molecule has 55 heavy (non-hydrogen) atoms. The van der Waals surface area contributed by atoms with E-state index in [-0.39, 0.29) is 24.7 Å². The van der Waals surface area contributed by atoms with Gasteiger partial charge in [0.2, 0.25) is 5.91 Å². The van der Waals surface area contributed by atoms with Gasteiger partial charge >= 0.3 is 13.7 Å². The number of hydrogen-bond acceptors (Lipinski definition) is 9. The van der Waals surface area contributed by atoms with Gasteiger partial charge in [0.25, 0.3) is 0 Å². The third kappa shape index (κ3) is 16.8. The lowest BCUT2D eigenvalue weighted by atomic mass is 9.83. The van der Waals surface area contributed by atoms with Crippen LogP contribution in [0.5, 0.6) is 11.5 Å². The van der Waals surface area contributed by atoms with Crippen molar-refractivity contribution in [3.05, 3.63) is 22.3 Å². The van der Waals surface area contributed by atoms with E-state index in [4.69, 9.17) is 14.0 Å². The van der Waals surface area contributed by atoms with Crippen LogP contribution in [0.4, 0.5) is 4.79 Å². The first kappa shape index (κ1) is 47.9. The highest BCUT2D eigenvalue weighted by Gasteiger charge is 2.36. The standard InChI is InChI=1S/C42H73N2O8PS2/c1-29(2)14-10-15-30(3)16-11-17-31(4)18-12-21-42(8)22-20-37-34(7)39(32(5)33(6)40(37)52-42)51-41(47)43-23-25-55-54-24-13-19-38(46)44-27-36(45)26-35(44)28-50-53(9,48)49/h29-31,35-36,45H,10-28H2,1-9H3,(H,43,47)(H,48,49)/t30-,31-,35+,36?,42-/m1/s1. The van der Waals surface area contributed by atoms with Gasteiger partial charge in [-0.3, -0.25) is 9.36 Å². The van der Waals surface area contributed by atoms with Crippen molar-refractivity contribution >= 4 is 41.2 Å². The van der Waals surface area contributed by atoms with Gasteiger partial charge in [0.15, 0.2) is 0 Å². The Labute approximate surface area is 340 Å². The first-order valence-corrected chi connectivity index (χ1v) is 25.3. The first-order valence-electron chi connectivity index (χ1n) is 20.8. The summed E-state index contributed by atoms with van der Waals surface area (Å²) in [7, 11) is -0.388. The number of nitrogens with one attached hydrogen (secondary N) is 1. The Morgan fingerprint density at radius 3 is 2.25 bits per heavy atom. The van der Waals surface area contributed by atoms with E-state index in [2.05, 4.69) is 46.9 Å². The molecule has 0 aliphatic carbocycles. The maximum absolute atomic E-state index is 12.8. The number of amides is 2. The summed E-state index contributed by atoms with van der Waals surface area (Å²) in [5.41, 5.74) is 3.90. The van der Waals surface area contributed by atoms with E-state index < -0.39 is 25.8 Å². The lowest BCUT2D eigenvalue weighted by molar-refractivity contribution is -0.132. The van der Waals surface area contributed by atoms with Crippen LogP contribution in [0.2, 0.25) is 0 Å². The summed E-state index contributed by atoms with van der Waals surface area (Å²) in [5.74, 6) is 5.33. The molecule has 0 saturated carbocycles. The van der Waals surface area contributed by atoms with Gasteiger partial charge in [0.05, 0.1) is 18.8 Å². The zero-order valence-electron chi connectivity index (χ0n) is 35.4. The second-order valence-corrected chi connectivity index (χ2v) is 21.7. The van der Waals surface area contributed by atoms with Crippen LogP contribution >= 0.6 is 29.2 Å². The monoisotopic (exact) mass is 828 g/mol. The number of likely N-dealkylation sites (tertiary alicyclic amines) is 1. The number of fused-ring (bicyclic) bond motifs is 1. The molecular weight excluding hydrogens is 756 g/mol. The molecule has 13 heteroatoms. The van der Waals surface area contributed by atoms with Crippen LogP contribution in [0.25, 0.3) is 0 Å². The fraction of sp³-hybridized carbons (Fsp3) is 0.810. The molecule has 2 unspecified atom stereocenters. The van der Waals surface area contributed by atoms with Crippen LogP contribution in [0.1, 0.15) is 140 Å². The van der Waals surface area contributed by atoms with Crippen LogP contribution < -0.4 is 14.8 Å². The highest BCUT2D eigenvalue weighted by atomic mass is 33.1. The summed E-state index contributed by atoms with van der Waals surface area (Å²) in [4.78, 5) is 36.6. The highest BCUT2D eigenvalue weighted by molar-refractivity contribution is 8.76. The van der Waals surface area contributed by atoms with Crippen LogP contribution in [0.3, 0.4) is 0 Å². The molecule has 0 spiro atoms. The number of aliphatic hydroxyl groups excluding tert-OH is 1. The molecule has 1 aromatic rings. The lowest BCUT2D eigenvalue weighted by Gasteiger charge is -2.38. The average molecular weight is 829 g/mol. The highest BCUT2D eigenvalue weighted by Crippen LogP contribution is 2.45. The number of ether oxygens (including phenoxy) is 2. The van der Waals surface area contributed by atoms with Crippen molar-refractivity contribution in [2.45, 2.75) is 163 Å². The van der Waals surface area contributed by atoms with Crippen molar-refractivity contribution in [3.63, 3.8) is 0 Å². The number of carbonyl (C=O) groups excluding carboxylic acids is 2. The maximum atomic E-state index is 12.8. The normalized spacial score (nSPS) is 21.9. The molecule has 1 saturated heterocycles. The number of nitrogens with zero attached hydrogens (tertiary/aromatic N) is 1. The SMILES string of the molecule is Cc1c(C)c2c(c(C)c1OC(=O)NCCSSCCCC(=O)N1CC(O)C[C@H]1COP(C)(=O)O)CC[C@@](C)(CCC[C@H](C)CCC[C@H](C)CCCC(C)C)O2. The molecule has 316 valence electrons. The third-order valence-electron chi connectivity index (χ3n) is 11.4. The fourth-order valence-electron chi connectivity index (χ4n) is 7.86. The number of benzene rings is 1. The summed E-state index contributed by atoms with van der Waals surface area (Å²) < 4.78 is 29.2. The van der Waals surface area contributed by atoms with Gasteiger partial charge in [-0.2, -0.15) is 0 Å². The Morgan fingerprint density at radius 2 is 1.60 bits per heavy atom. The number of hydrogen-bond donors (Lipinski definition) is 3. The minimum atomic E-state index is -3.65. The van der Waals surface area contributed by atoms with E-state index in [1.165, 1.54) is 51.4 Å². The van der Waals surface area contributed by atoms with Crippen molar-refractivity contribution in [1.29, 1.82) is 0 Å². The quantitative estimate of drug-likeness (QED) is 0.0525. The average Bonchev–Trinajstić information content (AvgIpc) is 3.49. The molecule has 3 N–H and O–H groups in total. The van der Waals surface area contributed by atoms with Crippen molar-refractivity contribution in [1.82, 2.24) is 10.2 Å². The van der Waals surface area contributed by atoms with Gasteiger partial charge in [-0.1, -0.05) is 94.2 Å². The Morgan fingerprint density at radius 1 is 0.964 bits per heavy atom. The topological polar surface area (TPSA) is 135 Å². The Bertz CT molecular complexity index is 1420. The van der Waals surface area contributed by atoms with Gasteiger partial charge in [0.1, 0.15) is 17.1 Å². The van der Waals surface area contributed by atoms with Crippen molar-refractivity contribution in [3.8, 4) is 11.5 Å². The van der Waals surface area contributed by atoms with Crippen LogP contribution in [0.15, 0.2) is 0 Å². The molecule has 2 heterocycles. The van der Waals surface area contributed by atoms with Crippen LogP contribution in [-0.4, -0.2) is 82.5 Å². The summed E-state index contributed by atoms with van der Waals surface area (Å²) in [6, 6.07) is -0.399. The predicted octanol–water partition coefficient (Wildman–Crippen LogP) is 10.2. The molecular formula is C42H73N2O8PS2. The van der Waals surface area contributed by atoms with Crippen LogP contribution in [0, 0.1) is 38.5 Å². The van der Waals surface area contributed by atoms with E-state index >= 15 is 0 Å². The minimum absolute atomic E-state index is 0.0649. The zero-order chi connectivity index (χ0) is 40.8. The van der Waals surface area contributed by atoms with Crippen molar-refractivity contribution in [2.24, 2.45) is 17.8 Å². The Balaban J connectivity index is 1.34. The van der Waals surface area contributed by atoms with E-state index in [9.17, 15) is 24.2 Å². The van der Waals surface area contributed by atoms with E-state index in [0.717, 1.165) is 77.4 Å². The Hall–Kier alpha value is -1.43. The minimum Gasteiger partial charge on any atom is -0.487 e. The molecule has 0 aromatic heterocycles. The number of carbonyl (C=O) groups is 2. The van der Waals surface area contributed by atoms with Gasteiger partial charge in [-0.25, -0.2) is 4.79 Å². The number of aliphatic hydroxyl groups is 1. The Kier molecular flexibility index (Phi) is 20.3. The van der Waals surface area contributed by atoms with Gasteiger partial charge in [-0.15, -0.1) is 0 Å². The molecule has 0 bridgehead atoms. The first-order chi connectivity index (χ1) is 25.9. The smallest absolute Gasteiger partial charge is 0.412 e. The molecule has 2 aliphatic heterocycles. The molecule has 2 aliphatic rings. The lowest BCUT2D eigenvalue weighted by Crippen LogP contribution is -2.38. The third-order valence-corrected chi connectivity index (χ3v) is 14.5. The molecule has 0 radical (unpaired) electrons. The second-order valence-electron chi connectivity index (χ2n) is 17.2. The summed E-state index contributed by atoms with van der Waals surface area (Å²) >= 11 is 0. The molecule has 3 rings (SSSR count).